The number of pyridine rings is 1. The van der Waals surface area contributed by atoms with Gasteiger partial charge in [-0.1, -0.05) is 25.0 Å². The van der Waals surface area contributed by atoms with E-state index in [0.717, 1.165) is 25.7 Å². The third-order valence-corrected chi connectivity index (χ3v) is 5.88. The Kier molecular flexibility index (Phi) is 5.23. The van der Waals surface area contributed by atoms with E-state index in [2.05, 4.69) is 21.5 Å². The number of nitrogens with one attached hydrogen (secondary N) is 2. The number of aromatic nitrogens is 3. The lowest BCUT2D eigenvalue weighted by Gasteiger charge is -2.27. The summed E-state index contributed by atoms with van der Waals surface area (Å²) >= 11 is 0. The first-order chi connectivity index (χ1) is 14.7. The summed E-state index contributed by atoms with van der Waals surface area (Å²) in [7, 11) is 0. The first kappa shape index (κ1) is 20.9. The molecule has 2 heterocycles. The van der Waals surface area contributed by atoms with Crippen molar-refractivity contribution in [3.8, 4) is 6.07 Å². The number of anilines is 2. The average molecular weight is 430 g/mol. The summed E-state index contributed by atoms with van der Waals surface area (Å²) in [5, 5.41) is 17.4. The molecule has 162 valence electrons. The number of benzene rings is 1. The maximum atomic E-state index is 12.8. The van der Waals surface area contributed by atoms with E-state index in [9.17, 15) is 23.2 Å². The van der Waals surface area contributed by atoms with Gasteiger partial charge in [-0.2, -0.15) is 23.5 Å². The summed E-state index contributed by atoms with van der Waals surface area (Å²) in [5.74, 6) is 0.286. The van der Waals surface area contributed by atoms with Crippen LogP contribution >= 0.6 is 0 Å². The van der Waals surface area contributed by atoms with Crippen LogP contribution in [0, 0.1) is 11.3 Å². The number of halogens is 3. The van der Waals surface area contributed by atoms with Crippen LogP contribution in [0.25, 0.3) is 10.9 Å². The molecule has 1 aliphatic carbocycles. The number of H-pyrrole nitrogens is 1. The first-order valence-corrected chi connectivity index (χ1v) is 9.92. The number of nitriles is 1. The molecule has 0 bridgehead atoms. The molecule has 1 fully saturated rings. The highest BCUT2D eigenvalue weighted by atomic mass is 19.4. The van der Waals surface area contributed by atoms with E-state index in [-0.39, 0.29) is 23.4 Å². The molecule has 1 saturated carbocycles. The van der Waals surface area contributed by atoms with Gasteiger partial charge in [-0.25, -0.2) is 0 Å². The lowest BCUT2D eigenvalue weighted by molar-refractivity contribution is -0.149. The van der Waals surface area contributed by atoms with Crippen molar-refractivity contribution in [2.24, 2.45) is 5.73 Å². The summed E-state index contributed by atoms with van der Waals surface area (Å²) in [6.07, 6.45) is 0.787. The predicted octanol–water partition coefficient (Wildman–Crippen LogP) is 4.21. The molecule has 0 saturated heterocycles. The van der Waals surface area contributed by atoms with Gasteiger partial charge < -0.3 is 16.0 Å². The largest absolute Gasteiger partial charge is 0.407 e. The van der Waals surface area contributed by atoms with Crippen molar-refractivity contribution in [1.29, 1.82) is 5.26 Å². The fourth-order valence-corrected chi connectivity index (χ4v) is 4.27. The molecular weight excluding hydrogens is 409 g/mol. The third kappa shape index (κ3) is 3.77. The standard InChI is InChI=1S/C21H21F3N6O/c22-21(23,24)17(26)13-3-5-14(6-4-13)28-18-16-15(7-12-27-19(16)31)30(29-18)20(10-11-25)8-1-2-9-20/h3-7,12,17H,1-2,8-10,26H2,(H,27,31)(H,28,29)/t17-/m0/s1. The lowest BCUT2D eigenvalue weighted by atomic mass is 9.94. The maximum absolute atomic E-state index is 12.8. The fraction of sp³-hybridized carbons (Fsp3) is 0.381. The van der Waals surface area contributed by atoms with E-state index in [1.165, 1.54) is 30.5 Å². The zero-order valence-electron chi connectivity index (χ0n) is 16.5. The number of hydrogen-bond acceptors (Lipinski definition) is 5. The van der Waals surface area contributed by atoms with Crippen molar-refractivity contribution in [2.45, 2.75) is 49.9 Å². The number of fused-ring (bicyclic) bond motifs is 1. The number of rotatable bonds is 5. The van der Waals surface area contributed by atoms with Crippen LogP contribution in [0.3, 0.4) is 0 Å². The smallest absolute Gasteiger partial charge is 0.338 e. The first-order valence-electron chi connectivity index (χ1n) is 9.92. The van der Waals surface area contributed by atoms with Crippen LogP contribution in [0.1, 0.15) is 43.7 Å². The van der Waals surface area contributed by atoms with Gasteiger partial charge in [0, 0.05) is 11.9 Å². The molecule has 0 unspecified atom stereocenters. The SMILES string of the molecule is N#CCC1(n2nc(Nc3ccc([C@H](N)C(F)(F)F)cc3)c3c(=O)[nH]ccc32)CCCC1. The van der Waals surface area contributed by atoms with E-state index in [1.807, 2.05) is 0 Å². The Morgan fingerprint density at radius 1 is 1.26 bits per heavy atom. The molecule has 1 aliphatic rings. The highest BCUT2D eigenvalue weighted by molar-refractivity contribution is 5.91. The normalized spacial score (nSPS) is 16.9. The quantitative estimate of drug-likeness (QED) is 0.561. The Morgan fingerprint density at radius 2 is 1.94 bits per heavy atom. The summed E-state index contributed by atoms with van der Waals surface area (Å²) in [6, 6.07) is 7.42. The molecule has 0 amide bonds. The van der Waals surface area contributed by atoms with Crippen molar-refractivity contribution in [3.05, 3.63) is 52.4 Å². The molecule has 2 aromatic heterocycles. The lowest BCUT2D eigenvalue weighted by Crippen LogP contribution is -2.31. The second kappa shape index (κ2) is 7.74. The summed E-state index contributed by atoms with van der Waals surface area (Å²) in [5.41, 5.74) is 5.44. The third-order valence-electron chi connectivity index (χ3n) is 5.88. The number of hydrogen-bond donors (Lipinski definition) is 3. The van der Waals surface area contributed by atoms with Crippen LogP contribution in [-0.2, 0) is 5.54 Å². The van der Waals surface area contributed by atoms with Gasteiger partial charge in [0.15, 0.2) is 5.82 Å². The average Bonchev–Trinajstić information content (AvgIpc) is 3.34. The molecule has 31 heavy (non-hydrogen) atoms. The van der Waals surface area contributed by atoms with Crippen molar-refractivity contribution in [1.82, 2.24) is 14.8 Å². The van der Waals surface area contributed by atoms with Gasteiger partial charge in [0.25, 0.3) is 5.56 Å². The molecular formula is C21H21F3N6O. The van der Waals surface area contributed by atoms with Crippen LogP contribution in [0.5, 0.6) is 0 Å². The Labute approximate surface area is 175 Å². The van der Waals surface area contributed by atoms with E-state index >= 15 is 0 Å². The topological polar surface area (TPSA) is 113 Å². The fourth-order valence-electron chi connectivity index (χ4n) is 4.27. The van der Waals surface area contributed by atoms with E-state index in [0.29, 0.717) is 16.6 Å². The predicted molar refractivity (Wildman–Crippen MR) is 110 cm³/mol. The van der Waals surface area contributed by atoms with Crippen LogP contribution < -0.4 is 16.6 Å². The van der Waals surface area contributed by atoms with Crippen LogP contribution in [0.15, 0.2) is 41.3 Å². The van der Waals surface area contributed by atoms with Gasteiger partial charge in [-0.05, 0) is 36.6 Å². The molecule has 0 radical (unpaired) electrons. The minimum Gasteiger partial charge on any atom is -0.338 e. The zero-order chi connectivity index (χ0) is 22.2. The molecule has 0 spiro atoms. The van der Waals surface area contributed by atoms with Crippen molar-refractivity contribution >= 4 is 22.4 Å². The van der Waals surface area contributed by atoms with Crippen molar-refractivity contribution in [2.75, 3.05) is 5.32 Å². The molecule has 4 rings (SSSR count). The molecule has 0 aliphatic heterocycles. The van der Waals surface area contributed by atoms with E-state index < -0.39 is 17.8 Å². The highest BCUT2D eigenvalue weighted by Crippen LogP contribution is 2.41. The molecule has 7 nitrogen and oxygen atoms in total. The number of aromatic amines is 1. The van der Waals surface area contributed by atoms with E-state index in [1.54, 1.807) is 10.7 Å². The van der Waals surface area contributed by atoms with Gasteiger partial charge in [-0.3, -0.25) is 9.48 Å². The van der Waals surface area contributed by atoms with Crippen LogP contribution in [-0.4, -0.2) is 20.9 Å². The minimum absolute atomic E-state index is 0.0646. The Hall–Kier alpha value is -3.32. The van der Waals surface area contributed by atoms with Gasteiger partial charge in [0.1, 0.15) is 11.4 Å². The number of nitrogens with zero attached hydrogens (tertiary/aromatic N) is 3. The Bertz CT molecular complexity index is 1180. The summed E-state index contributed by atoms with van der Waals surface area (Å²) < 4.78 is 40.3. The second-order valence-electron chi connectivity index (χ2n) is 7.86. The molecule has 1 aromatic carbocycles. The van der Waals surface area contributed by atoms with Gasteiger partial charge >= 0.3 is 6.18 Å². The second-order valence-corrected chi connectivity index (χ2v) is 7.86. The Balaban J connectivity index is 1.74. The number of nitrogens with two attached hydrogens (primary N) is 1. The summed E-state index contributed by atoms with van der Waals surface area (Å²) in [4.78, 5) is 15.2. The zero-order valence-corrected chi connectivity index (χ0v) is 16.5. The molecule has 10 heteroatoms. The van der Waals surface area contributed by atoms with Crippen LogP contribution in [0.2, 0.25) is 0 Å². The minimum atomic E-state index is -4.53. The molecule has 4 N–H and O–H groups in total. The monoisotopic (exact) mass is 430 g/mol. The van der Waals surface area contributed by atoms with Crippen molar-refractivity contribution < 1.29 is 13.2 Å². The summed E-state index contributed by atoms with van der Waals surface area (Å²) in [6.45, 7) is 0. The van der Waals surface area contributed by atoms with Crippen molar-refractivity contribution in [3.63, 3.8) is 0 Å². The van der Waals surface area contributed by atoms with Gasteiger partial charge in [0.2, 0.25) is 0 Å². The van der Waals surface area contributed by atoms with Gasteiger partial charge in [0.05, 0.1) is 23.5 Å². The van der Waals surface area contributed by atoms with Gasteiger partial charge in [-0.15, -0.1) is 0 Å². The number of alkyl halides is 3. The van der Waals surface area contributed by atoms with E-state index in [4.69, 9.17) is 5.73 Å². The Morgan fingerprint density at radius 3 is 2.55 bits per heavy atom. The maximum Gasteiger partial charge on any atom is 0.407 e. The molecule has 3 aromatic rings. The highest BCUT2D eigenvalue weighted by Gasteiger charge is 2.39. The molecule has 1 atom stereocenters. The van der Waals surface area contributed by atoms with Crippen LogP contribution in [0.4, 0.5) is 24.7 Å².